The molecule has 2 heterocycles. The van der Waals surface area contributed by atoms with E-state index in [4.69, 9.17) is 5.73 Å². The van der Waals surface area contributed by atoms with Gasteiger partial charge in [0.15, 0.2) is 5.13 Å². The highest BCUT2D eigenvalue weighted by Gasteiger charge is 2.16. The van der Waals surface area contributed by atoms with E-state index in [0.717, 1.165) is 12.2 Å². The van der Waals surface area contributed by atoms with E-state index in [0.29, 0.717) is 5.13 Å². The zero-order valence-electron chi connectivity index (χ0n) is 11.7. The number of thiazole rings is 1. The molecule has 2 N–H and O–H groups in total. The van der Waals surface area contributed by atoms with Crippen molar-refractivity contribution in [3.8, 4) is 11.3 Å². The molecule has 0 aliphatic carbocycles. The van der Waals surface area contributed by atoms with Crippen molar-refractivity contribution < 1.29 is 0 Å². The first-order chi connectivity index (χ1) is 9.83. The summed E-state index contributed by atoms with van der Waals surface area (Å²) in [7, 11) is 0. The molecule has 1 fully saturated rings. The highest BCUT2D eigenvalue weighted by atomic mass is 32.1. The van der Waals surface area contributed by atoms with Crippen molar-refractivity contribution in [1.82, 2.24) is 9.88 Å². The minimum atomic E-state index is 0.675. The lowest BCUT2D eigenvalue weighted by atomic mass is 10.1. The Morgan fingerprint density at radius 3 is 2.45 bits per heavy atom. The minimum Gasteiger partial charge on any atom is -0.375 e. The normalized spacial score (nSPS) is 17.0. The van der Waals surface area contributed by atoms with Crippen LogP contribution in [0.1, 0.15) is 30.6 Å². The van der Waals surface area contributed by atoms with Gasteiger partial charge in [0.25, 0.3) is 0 Å². The summed E-state index contributed by atoms with van der Waals surface area (Å²) >= 11 is 1.63. The van der Waals surface area contributed by atoms with Crippen molar-refractivity contribution in [3.63, 3.8) is 0 Å². The lowest BCUT2D eigenvalue weighted by Gasteiger charge is -2.19. The Balaban J connectivity index is 1.82. The van der Waals surface area contributed by atoms with Gasteiger partial charge >= 0.3 is 0 Å². The molecule has 1 aromatic carbocycles. The number of anilines is 1. The second kappa shape index (κ2) is 6.37. The van der Waals surface area contributed by atoms with Crippen LogP contribution in [-0.4, -0.2) is 23.0 Å². The molecule has 0 atom stereocenters. The van der Waals surface area contributed by atoms with Gasteiger partial charge in [0.05, 0.1) is 5.69 Å². The lowest BCUT2D eigenvalue weighted by Crippen LogP contribution is -2.23. The zero-order chi connectivity index (χ0) is 13.8. The third kappa shape index (κ3) is 3.19. The highest BCUT2D eigenvalue weighted by Crippen LogP contribution is 2.31. The molecule has 0 spiro atoms. The van der Waals surface area contributed by atoms with E-state index in [9.17, 15) is 0 Å². The Morgan fingerprint density at radius 1 is 1.05 bits per heavy atom. The number of benzene rings is 1. The van der Waals surface area contributed by atoms with Crippen LogP contribution in [0.15, 0.2) is 30.3 Å². The van der Waals surface area contributed by atoms with Crippen LogP contribution in [0.5, 0.6) is 0 Å². The Morgan fingerprint density at radius 2 is 1.75 bits per heavy atom. The molecule has 20 heavy (non-hydrogen) atoms. The van der Waals surface area contributed by atoms with Crippen LogP contribution < -0.4 is 5.73 Å². The molecule has 1 aliphatic rings. The van der Waals surface area contributed by atoms with Crippen molar-refractivity contribution in [3.05, 3.63) is 35.2 Å². The predicted octanol–water partition coefficient (Wildman–Crippen LogP) is 3.77. The SMILES string of the molecule is Nc1nc(-c2ccccc2)c(CN2CCCCCC2)s1. The molecular weight excluding hydrogens is 266 g/mol. The average Bonchev–Trinajstić information content (AvgIpc) is 2.67. The Kier molecular flexibility index (Phi) is 4.33. The second-order valence-electron chi connectivity index (χ2n) is 5.38. The first-order valence-electron chi connectivity index (χ1n) is 7.36. The van der Waals surface area contributed by atoms with Gasteiger partial charge in [0.2, 0.25) is 0 Å². The maximum atomic E-state index is 5.94. The van der Waals surface area contributed by atoms with E-state index in [1.165, 1.54) is 49.2 Å². The fraction of sp³-hybridized carbons (Fsp3) is 0.438. The predicted molar refractivity (Wildman–Crippen MR) is 85.7 cm³/mol. The van der Waals surface area contributed by atoms with Gasteiger partial charge in [0.1, 0.15) is 0 Å². The van der Waals surface area contributed by atoms with Gasteiger partial charge in [-0.15, -0.1) is 11.3 Å². The van der Waals surface area contributed by atoms with E-state index < -0.39 is 0 Å². The van der Waals surface area contributed by atoms with Gasteiger partial charge < -0.3 is 5.73 Å². The van der Waals surface area contributed by atoms with Gasteiger partial charge in [-0.1, -0.05) is 43.2 Å². The van der Waals surface area contributed by atoms with Gasteiger partial charge in [0, 0.05) is 17.0 Å². The maximum Gasteiger partial charge on any atom is 0.180 e. The standard InChI is InChI=1S/C16H21N3S/c17-16-18-15(13-8-4-3-5-9-13)14(20-16)12-19-10-6-1-2-7-11-19/h3-5,8-9H,1-2,6-7,10-12H2,(H2,17,18). The van der Waals surface area contributed by atoms with E-state index >= 15 is 0 Å². The van der Waals surface area contributed by atoms with Gasteiger partial charge in [-0.2, -0.15) is 0 Å². The number of hydrogen-bond acceptors (Lipinski definition) is 4. The highest BCUT2D eigenvalue weighted by molar-refractivity contribution is 7.15. The molecule has 0 saturated carbocycles. The summed E-state index contributed by atoms with van der Waals surface area (Å²) < 4.78 is 0. The molecule has 0 radical (unpaired) electrons. The van der Waals surface area contributed by atoms with Crippen LogP contribution >= 0.6 is 11.3 Å². The summed E-state index contributed by atoms with van der Waals surface area (Å²) in [6, 6.07) is 10.4. The van der Waals surface area contributed by atoms with Crippen molar-refractivity contribution in [2.75, 3.05) is 18.8 Å². The average molecular weight is 287 g/mol. The van der Waals surface area contributed by atoms with Gasteiger partial charge in [-0.05, 0) is 25.9 Å². The minimum absolute atomic E-state index is 0.675. The molecule has 1 aliphatic heterocycles. The maximum absolute atomic E-state index is 5.94. The monoisotopic (exact) mass is 287 g/mol. The molecule has 4 heteroatoms. The Labute approximate surface area is 124 Å². The topological polar surface area (TPSA) is 42.1 Å². The van der Waals surface area contributed by atoms with Crippen molar-refractivity contribution in [2.45, 2.75) is 32.2 Å². The third-order valence-corrected chi connectivity index (χ3v) is 4.70. The molecule has 106 valence electrons. The number of likely N-dealkylation sites (tertiary alicyclic amines) is 1. The molecule has 3 rings (SSSR count). The van der Waals surface area contributed by atoms with Gasteiger partial charge in [-0.25, -0.2) is 4.98 Å². The summed E-state index contributed by atoms with van der Waals surface area (Å²) in [6.45, 7) is 3.39. The van der Waals surface area contributed by atoms with E-state index in [2.05, 4.69) is 34.1 Å². The van der Waals surface area contributed by atoms with Crippen molar-refractivity contribution in [1.29, 1.82) is 0 Å². The number of aromatic nitrogens is 1. The van der Waals surface area contributed by atoms with Crippen molar-refractivity contribution in [2.24, 2.45) is 0 Å². The molecule has 3 nitrogen and oxygen atoms in total. The van der Waals surface area contributed by atoms with E-state index in [1.807, 2.05) is 6.07 Å². The summed E-state index contributed by atoms with van der Waals surface area (Å²) in [5.41, 5.74) is 8.18. The lowest BCUT2D eigenvalue weighted by molar-refractivity contribution is 0.279. The fourth-order valence-electron chi connectivity index (χ4n) is 2.80. The number of hydrogen-bond donors (Lipinski definition) is 1. The third-order valence-electron chi connectivity index (χ3n) is 3.83. The van der Waals surface area contributed by atoms with Crippen LogP contribution in [0.3, 0.4) is 0 Å². The first-order valence-corrected chi connectivity index (χ1v) is 8.17. The summed E-state index contributed by atoms with van der Waals surface area (Å²) in [5, 5.41) is 0.675. The van der Waals surface area contributed by atoms with Crippen LogP contribution in [-0.2, 0) is 6.54 Å². The van der Waals surface area contributed by atoms with Crippen LogP contribution in [0.2, 0.25) is 0 Å². The number of nitrogens with zero attached hydrogens (tertiary/aromatic N) is 2. The fourth-order valence-corrected chi connectivity index (χ4v) is 3.69. The first kappa shape index (κ1) is 13.6. The molecular formula is C16H21N3S. The molecule has 0 bridgehead atoms. The summed E-state index contributed by atoms with van der Waals surface area (Å²) in [5.74, 6) is 0. The zero-order valence-corrected chi connectivity index (χ0v) is 12.5. The van der Waals surface area contributed by atoms with Gasteiger partial charge in [-0.3, -0.25) is 4.90 Å². The Bertz CT molecular complexity index is 542. The van der Waals surface area contributed by atoms with Crippen LogP contribution in [0.4, 0.5) is 5.13 Å². The number of nitrogen functional groups attached to an aromatic ring is 1. The smallest absolute Gasteiger partial charge is 0.180 e. The summed E-state index contributed by atoms with van der Waals surface area (Å²) in [6.07, 6.45) is 5.36. The molecule has 1 saturated heterocycles. The second-order valence-corrected chi connectivity index (χ2v) is 6.50. The van der Waals surface area contributed by atoms with Crippen LogP contribution in [0, 0.1) is 0 Å². The molecule has 2 aromatic rings. The largest absolute Gasteiger partial charge is 0.375 e. The Hall–Kier alpha value is -1.39. The molecule has 0 unspecified atom stereocenters. The number of nitrogens with two attached hydrogens (primary N) is 1. The van der Waals surface area contributed by atoms with E-state index in [-0.39, 0.29) is 0 Å². The molecule has 0 amide bonds. The van der Waals surface area contributed by atoms with E-state index in [1.54, 1.807) is 11.3 Å². The summed E-state index contributed by atoms with van der Waals surface area (Å²) in [4.78, 5) is 8.39. The van der Waals surface area contributed by atoms with Crippen molar-refractivity contribution >= 4 is 16.5 Å². The number of rotatable bonds is 3. The molecule has 1 aromatic heterocycles. The van der Waals surface area contributed by atoms with Crippen LogP contribution in [0.25, 0.3) is 11.3 Å². The quantitative estimate of drug-likeness (QED) is 0.934.